The van der Waals surface area contributed by atoms with E-state index < -0.39 is 11.2 Å². The molecule has 0 saturated heterocycles. The number of fused-ring (bicyclic) bond motifs is 1. The summed E-state index contributed by atoms with van der Waals surface area (Å²) in [6.45, 7) is 2.43. The van der Waals surface area contributed by atoms with Gasteiger partial charge in [0, 0.05) is 5.56 Å². The Morgan fingerprint density at radius 1 is 1.09 bits per heavy atom. The van der Waals surface area contributed by atoms with Gasteiger partial charge in [0.15, 0.2) is 0 Å². The molecule has 4 aromatic rings. The first-order chi connectivity index (χ1) is 15.6. The Balaban J connectivity index is 1.52. The lowest BCUT2D eigenvalue weighted by molar-refractivity contribution is 0.0500. The van der Waals surface area contributed by atoms with Gasteiger partial charge in [0.25, 0.3) is 5.56 Å². The highest BCUT2D eigenvalue weighted by Crippen LogP contribution is 2.22. The van der Waals surface area contributed by atoms with Crippen LogP contribution in [0.2, 0.25) is 0 Å². The quantitative estimate of drug-likeness (QED) is 0.272. The zero-order valence-corrected chi connectivity index (χ0v) is 17.4. The summed E-state index contributed by atoms with van der Waals surface area (Å²) in [7, 11) is 0. The van der Waals surface area contributed by atoms with Gasteiger partial charge in [-0.15, -0.1) is 4.68 Å². The van der Waals surface area contributed by atoms with Crippen LogP contribution in [0.3, 0.4) is 0 Å². The summed E-state index contributed by atoms with van der Waals surface area (Å²) in [5, 5.41) is 4.34. The number of carbonyl (C=O) groups excluding carboxylic acids is 1. The SMILES string of the molecule is CCCCOC(=O)c1ccc(-c2ccc(C=Nn3c(=O)[nH]c4ccccc4c3=O)o2)cc1. The predicted octanol–water partition coefficient (Wildman–Crippen LogP) is 3.79. The van der Waals surface area contributed by atoms with Crippen LogP contribution in [-0.2, 0) is 4.74 Å². The summed E-state index contributed by atoms with van der Waals surface area (Å²) in [6, 6.07) is 17.0. The topological polar surface area (TPSA) is 107 Å². The van der Waals surface area contributed by atoms with Crippen molar-refractivity contribution in [3.8, 4) is 11.3 Å². The van der Waals surface area contributed by atoms with E-state index in [1.165, 1.54) is 6.21 Å². The fourth-order valence-corrected chi connectivity index (χ4v) is 3.11. The van der Waals surface area contributed by atoms with Crippen molar-refractivity contribution in [1.82, 2.24) is 9.66 Å². The maximum absolute atomic E-state index is 12.5. The molecular formula is C24H21N3O5. The third-order valence-electron chi connectivity index (χ3n) is 4.85. The first kappa shape index (κ1) is 21.0. The number of hydrogen-bond donors (Lipinski definition) is 1. The smallest absolute Gasteiger partial charge is 0.349 e. The van der Waals surface area contributed by atoms with Gasteiger partial charge in [-0.25, -0.2) is 9.59 Å². The third kappa shape index (κ3) is 4.44. The molecule has 0 aliphatic heterocycles. The number of unbranched alkanes of at least 4 members (excludes halogenated alkanes) is 1. The highest BCUT2D eigenvalue weighted by molar-refractivity contribution is 5.90. The van der Waals surface area contributed by atoms with E-state index in [0.29, 0.717) is 34.6 Å². The molecule has 0 unspecified atom stereocenters. The summed E-state index contributed by atoms with van der Waals surface area (Å²) in [6.07, 6.45) is 3.09. The second-order valence-electron chi connectivity index (χ2n) is 7.11. The van der Waals surface area contributed by atoms with E-state index >= 15 is 0 Å². The average molecular weight is 431 g/mol. The second kappa shape index (κ2) is 9.30. The number of benzene rings is 2. The number of aromatic amines is 1. The van der Waals surface area contributed by atoms with E-state index in [1.54, 1.807) is 60.7 Å². The van der Waals surface area contributed by atoms with Crippen LogP contribution in [0.25, 0.3) is 22.2 Å². The fraction of sp³-hybridized carbons (Fsp3) is 0.167. The Morgan fingerprint density at radius 3 is 2.66 bits per heavy atom. The molecule has 2 heterocycles. The second-order valence-corrected chi connectivity index (χ2v) is 7.11. The summed E-state index contributed by atoms with van der Waals surface area (Å²) < 4.78 is 11.7. The molecule has 8 heteroatoms. The van der Waals surface area contributed by atoms with Gasteiger partial charge in [0.2, 0.25) is 0 Å². The van der Waals surface area contributed by atoms with Gasteiger partial charge in [-0.05, 0) is 42.8 Å². The Bertz CT molecular complexity index is 1390. The van der Waals surface area contributed by atoms with Crippen molar-refractivity contribution in [3.05, 3.63) is 92.8 Å². The van der Waals surface area contributed by atoms with Crippen molar-refractivity contribution in [1.29, 1.82) is 0 Å². The van der Waals surface area contributed by atoms with Crippen molar-refractivity contribution < 1.29 is 13.9 Å². The maximum atomic E-state index is 12.5. The van der Waals surface area contributed by atoms with Crippen LogP contribution >= 0.6 is 0 Å². The minimum atomic E-state index is -0.641. The summed E-state index contributed by atoms with van der Waals surface area (Å²) >= 11 is 0. The van der Waals surface area contributed by atoms with E-state index in [0.717, 1.165) is 23.1 Å². The number of nitrogens with one attached hydrogen (secondary N) is 1. The van der Waals surface area contributed by atoms with Crippen molar-refractivity contribution in [2.45, 2.75) is 19.8 Å². The lowest BCUT2D eigenvalue weighted by Gasteiger charge is -2.04. The van der Waals surface area contributed by atoms with Gasteiger partial charge in [0.1, 0.15) is 11.5 Å². The lowest BCUT2D eigenvalue weighted by Crippen LogP contribution is -2.32. The zero-order chi connectivity index (χ0) is 22.5. The minimum Gasteiger partial charge on any atom is -0.462 e. The van der Waals surface area contributed by atoms with Crippen molar-refractivity contribution in [2.24, 2.45) is 5.10 Å². The van der Waals surface area contributed by atoms with Gasteiger partial charge >= 0.3 is 11.7 Å². The number of hydrogen-bond acceptors (Lipinski definition) is 6. The summed E-state index contributed by atoms with van der Waals surface area (Å²) in [5.41, 5.74) is 0.516. The molecule has 162 valence electrons. The van der Waals surface area contributed by atoms with Crippen LogP contribution in [0.1, 0.15) is 35.9 Å². The van der Waals surface area contributed by atoms with Crippen LogP contribution < -0.4 is 11.2 Å². The maximum Gasteiger partial charge on any atom is 0.349 e. The van der Waals surface area contributed by atoms with Crippen LogP contribution in [0, 0.1) is 0 Å². The van der Waals surface area contributed by atoms with Gasteiger partial charge in [-0.3, -0.25) is 4.79 Å². The fourth-order valence-electron chi connectivity index (χ4n) is 3.11. The molecule has 0 fully saturated rings. The monoisotopic (exact) mass is 431 g/mol. The number of para-hydroxylation sites is 1. The molecule has 0 bridgehead atoms. The number of aromatic nitrogens is 2. The van der Waals surface area contributed by atoms with Gasteiger partial charge in [-0.1, -0.05) is 37.6 Å². The molecule has 0 radical (unpaired) electrons. The number of esters is 1. The van der Waals surface area contributed by atoms with Gasteiger partial charge < -0.3 is 14.1 Å². The number of H-pyrrole nitrogens is 1. The average Bonchev–Trinajstić information content (AvgIpc) is 3.28. The Kier molecular flexibility index (Phi) is 6.12. The molecule has 4 rings (SSSR count). The largest absolute Gasteiger partial charge is 0.462 e. The summed E-state index contributed by atoms with van der Waals surface area (Å²) in [4.78, 5) is 39.4. The standard InChI is InChI=1S/C24H21N3O5/c1-2-3-14-31-23(29)17-10-8-16(9-11-17)21-13-12-18(32-21)15-25-27-22(28)19-6-4-5-7-20(19)26-24(27)30/h4-13,15H,2-3,14H2,1H3,(H,26,30). The van der Waals surface area contributed by atoms with E-state index in [9.17, 15) is 14.4 Å². The van der Waals surface area contributed by atoms with E-state index in [-0.39, 0.29) is 5.97 Å². The van der Waals surface area contributed by atoms with Crippen molar-refractivity contribution >= 4 is 23.1 Å². The van der Waals surface area contributed by atoms with Crippen molar-refractivity contribution in [3.63, 3.8) is 0 Å². The first-order valence-electron chi connectivity index (χ1n) is 10.2. The van der Waals surface area contributed by atoms with Crippen LogP contribution in [0.4, 0.5) is 0 Å². The van der Waals surface area contributed by atoms with Gasteiger partial charge in [-0.2, -0.15) is 5.10 Å². The number of carbonyl (C=O) groups is 1. The molecule has 1 N–H and O–H groups in total. The zero-order valence-electron chi connectivity index (χ0n) is 17.4. The van der Waals surface area contributed by atoms with E-state index in [4.69, 9.17) is 9.15 Å². The minimum absolute atomic E-state index is 0.358. The Hall–Kier alpha value is -4.20. The molecule has 0 saturated carbocycles. The molecule has 2 aromatic heterocycles. The molecular weight excluding hydrogens is 410 g/mol. The van der Waals surface area contributed by atoms with Crippen molar-refractivity contribution in [2.75, 3.05) is 6.61 Å². The first-order valence-corrected chi connectivity index (χ1v) is 10.2. The normalized spacial score (nSPS) is 11.3. The predicted molar refractivity (Wildman–Crippen MR) is 121 cm³/mol. The van der Waals surface area contributed by atoms with Gasteiger partial charge in [0.05, 0.1) is 29.3 Å². The number of furan rings is 1. The number of ether oxygens (including phenoxy) is 1. The molecule has 0 aliphatic rings. The molecule has 32 heavy (non-hydrogen) atoms. The molecule has 8 nitrogen and oxygen atoms in total. The van der Waals surface area contributed by atoms with Crippen LogP contribution in [0.15, 0.2) is 79.8 Å². The highest BCUT2D eigenvalue weighted by atomic mass is 16.5. The highest BCUT2D eigenvalue weighted by Gasteiger charge is 2.10. The molecule has 0 atom stereocenters. The Labute approximate surface area is 182 Å². The lowest BCUT2D eigenvalue weighted by atomic mass is 10.1. The third-order valence-corrected chi connectivity index (χ3v) is 4.85. The van der Waals surface area contributed by atoms with Crippen LogP contribution in [0.5, 0.6) is 0 Å². The Morgan fingerprint density at radius 2 is 1.88 bits per heavy atom. The molecule has 0 aliphatic carbocycles. The van der Waals surface area contributed by atoms with E-state index in [2.05, 4.69) is 10.1 Å². The summed E-state index contributed by atoms with van der Waals surface area (Å²) in [5.74, 6) is 0.558. The van der Waals surface area contributed by atoms with Crippen LogP contribution in [-0.4, -0.2) is 28.5 Å². The number of nitrogens with zero attached hydrogens (tertiary/aromatic N) is 2. The molecule has 0 spiro atoms. The molecule has 2 aromatic carbocycles. The molecule has 0 amide bonds. The van der Waals surface area contributed by atoms with E-state index in [1.807, 2.05) is 6.92 Å². The number of rotatable bonds is 7.